The molecule has 3 rings (SSSR count). The zero-order chi connectivity index (χ0) is 14.1. The van der Waals surface area contributed by atoms with Crippen LogP contribution in [0.2, 0.25) is 0 Å². The van der Waals surface area contributed by atoms with Crippen molar-refractivity contribution in [3.63, 3.8) is 0 Å². The van der Waals surface area contributed by atoms with Crippen molar-refractivity contribution in [2.75, 3.05) is 37.7 Å². The molecule has 0 radical (unpaired) electrons. The third kappa shape index (κ3) is 2.54. The number of morpholine rings is 1. The van der Waals surface area contributed by atoms with E-state index in [9.17, 15) is 4.79 Å². The highest BCUT2D eigenvalue weighted by atomic mass is 32.1. The molecule has 0 bridgehead atoms. The molecule has 1 aromatic heterocycles. The molecule has 2 aliphatic rings. The van der Waals surface area contributed by atoms with Crippen LogP contribution in [0.1, 0.15) is 23.4 Å². The minimum Gasteiger partial charge on any atom is -0.378 e. The van der Waals surface area contributed by atoms with Gasteiger partial charge in [0.25, 0.3) is 0 Å². The van der Waals surface area contributed by atoms with Crippen molar-refractivity contribution in [3.05, 3.63) is 10.6 Å². The SMILES string of the molecule is Cc1nc(N2CCC[C@H]2C(=O)N2CCOCC2)sc1C. The summed E-state index contributed by atoms with van der Waals surface area (Å²) in [5.41, 5.74) is 1.08. The van der Waals surface area contributed by atoms with Gasteiger partial charge in [0.15, 0.2) is 5.13 Å². The average Bonchev–Trinajstić information content (AvgIpc) is 3.06. The summed E-state index contributed by atoms with van der Waals surface area (Å²) in [5, 5.41) is 1.00. The van der Waals surface area contributed by atoms with Crippen LogP contribution < -0.4 is 4.90 Å². The number of hydrogen-bond acceptors (Lipinski definition) is 5. The number of aromatic nitrogens is 1. The van der Waals surface area contributed by atoms with E-state index >= 15 is 0 Å². The average molecular weight is 295 g/mol. The Kier molecular flexibility index (Phi) is 3.94. The number of rotatable bonds is 2. The first-order valence-corrected chi connectivity index (χ1v) is 8.05. The lowest BCUT2D eigenvalue weighted by atomic mass is 10.2. The highest BCUT2D eigenvalue weighted by Crippen LogP contribution is 2.31. The van der Waals surface area contributed by atoms with Gasteiger partial charge < -0.3 is 14.5 Å². The molecule has 2 aliphatic heterocycles. The summed E-state index contributed by atoms with van der Waals surface area (Å²) in [5.74, 6) is 0.247. The Morgan fingerprint density at radius 3 is 2.70 bits per heavy atom. The Morgan fingerprint density at radius 1 is 1.30 bits per heavy atom. The molecule has 6 heteroatoms. The summed E-state index contributed by atoms with van der Waals surface area (Å²) in [6.45, 7) is 7.82. The van der Waals surface area contributed by atoms with E-state index in [1.54, 1.807) is 11.3 Å². The quantitative estimate of drug-likeness (QED) is 0.831. The fraction of sp³-hybridized carbons (Fsp3) is 0.714. The molecule has 2 fully saturated rings. The van der Waals surface area contributed by atoms with Crippen LogP contribution in [0.25, 0.3) is 0 Å². The monoisotopic (exact) mass is 295 g/mol. The largest absolute Gasteiger partial charge is 0.378 e. The van der Waals surface area contributed by atoms with Crippen LogP contribution in [0, 0.1) is 13.8 Å². The van der Waals surface area contributed by atoms with Crippen molar-refractivity contribution >= 4 is 22.4 Å². The zero-order valence-corrected chi connectivity index (χ0v) is 12.9. The number of ether oxygens (including phenoxy) is 1. The molecule has 0 aromatic carbocycles. The van der Waals surface area contributed by atoms with E-state index in [-0.39, 0.29) is 11.9 Å². The summed E-state index contributed by atoms with van der Waals surface area (Å²) < 4.78 is 5.33. The van der Waals surface area contributed by atoms with Gasteiger partial charge in [-0.05, 0) is 26.7 Å². The van der Waals surface area contributed by atoms with E-state index in [1.807, 2.05) is 11.8 Å². The lowest BCUT2D eigenvalue weighted by Gasteiger charge is -2.32. The molecule has 3 heterocycles. The van der Waals surface area contributed by atoms with E-state index in [0.29, 0.717) is 13.2 Å². The first-order chi connectivity index (χ1) is 9.66. The maximum absolute atomic E-state index is 12.7. The molecule has 110 valence electrons. The maximum Gasteiger partial charge on any atom is 0.245 e. The Balaban J connectivity index is 1.76. The lowest BCUT2D eigenvalue weighted by molar-refractivity contribution is -0.136. The molecule has 1 amide bonds. The van der Waals surface area contributed by atoms with Gasteiger partial charge in [-0.15, -0.1) is 11.3 Å². The molecule has 0 unspecified atom stereocenters. The Hall–Kier alpha value is -1.14. The predicted octanol–water partition coefficient (Wildman–Crippen LogP) is 1.59. The van der Waals surface area contributed by atoms with E-state index < -0.39 is 0 Å². The Labute approximate surface area is 123 Å². The normalized spacial score (nSPS) is 23.4. The van der Waals surface area contributed by atoms with E-state index in [4.69, 9.17) is 4.74 Å². The van der Waals surface area contributed by atoms with Crippen LogP contribution in [0.15, 0.2) is 0 Å². The van der Waals surface area contributed by atoms with E-state index in [2.05, 4.69) is 16.8 Å². The summed E-state index contributed by atoms with van der Waals surface area (Å²) in [6, 6.07) is -0.0296. The van der Waals surface area contributed by atoms with Crippen molar-refractivity contribution in [3.8, 4) is 0 Å². The van der Waals surface area contributed by atoms with Crippen LogP contribution in [0.5, 0.6) is 0 Å². The fourth-order valence-corrected chi connectivity index (χ4v) is 3.81. The number of carbonyl (C=O) groups excluding carboxylic acids is 1. The number of anilines is 1. The Bertz CT molecular complexity index is 477. The van der Waals surface area contributed by atoms with Crippen molar-refractivity contribution in [2.24, 2.45) is 0 Å². The molecule has 0 saturated carbocycles. The van der Waals surface area contributed by atoms with E-state index in [1.165, 1.54) is 4.88 Å². The molecule has 1 atom stereocenters. The van der Waals surface area contributed by atoms with Gasteiger partial charge in [-0.25, -0.2) is 4.98 Å². The maximum atomic E-state index is 12.7. The van der Waals surface area contributed by atoms with E-state index in [0.717, 1.165) is 43.3 Å². The van der Waals surface area contributed by atoms with Gasteiger partial charge >= 0.3 is 0 Å². The molecular formula is C14H21N3O2S. The molecule has 0 spiro atoms. The van der Waals surface area contributed by atoms with Gasteiger partial charge in [-0.3, -0.25) is 4.79 Å². The predicted molar refractivity (Wildman–Crippen MR) is 79.4 cm³/mol. The first kappa shape index (κ1) is 13.8. The van der Waals surface area contributed by atoms with Gasteiger partial charge in [0, 0.05) is 24.5 Å². The zero-order valence-electron chi connectivity index (χ0n) is 12.1. The number of aryl methyl sites for hydroxylation is 2. The number of nitrogens with zero attached hydrogens (tertiary/aromatic N) is 3. The summed E-state index contributed by atoms with van der Waals surface area (Å²) in [7, 11) is 0. The van der Waals surface area contributed by atoms with Crippen LogP contribution in [-0.4, -0.2) is 54.7 Å². The first-order valence-electron chi connectivity index (χ1n) is 7.24. The van der Waals surface area contributed by atoms with Gasteiger partial charge in [0.05, 0.1) is 18.9 Å². The smallest absolute Gasteiger partial charge is 0.245 e. The van der Waals surface area contributed by atoms with Crippen LogP contribution in [-0.2, 0) is 9.53 Å². The molecule has 20 heavy (non-hydrogen) atoms. The fourth-order valence-electron chi connectivity index (χ4n) is 2.83. The third-order valence-corrected chi connectivity index (χ3v) is 5.23. The molecule has 1 aromatic rings. The van der Waals surface area contributed by atoms with Crippen molar-refractivity contribution in [2.45, 2.75) is 32.7 Å². The molecule has 5 nitrogen and oxygen atoms in total. The molecule has 2 saturated heterocycles. The molecular weight excluding hydrogens is 274 g/mol. The minimum atomic E-state index is -0.0296. The second-order valence-electron chi connectivity index (χ2n) is 5.43. The van der Waals surface area contributed by atoms with Crippen LogP contribution in [0.3, 0.4) is 0 Å². The van der Waals surface area contributed by atoms with Crippen LogP contribution >= 0.6 is 11.3 Å². The number of carbonyl (C=O) groups is 1. The van der Waals surface area contributed by atoms with Crippen molar-refractivity contribution in [1.82, 2.24) is 9.88 Å². The number of thiazole rings is 1. The Morgan fingerprint density at radius 2 is 2.05 bits per heavy atom. The number of hydrogen-bond donors (Lipinski definition) is 0. The third-order valence-electron chi connectivity index (χ3n) is 4.12. The summed E-state index contributed by atoms with van der Waals surface area (Å²) in [6.07, 6.45) is 2.01. The van der Waals surface area contributed by atoms with Gasteiger partial charge in [0.2, 0.25) is 5.91 Å². The molecule has 0 N–H and O–H groups in total. The highest BCUT2D eigenvalue weighted by molar-refractivity contribution is 7.15. The second kappa shape index (κ2) is 5.69. The highest BCUT2D eigenvalue weighted by Gasteiger charge is 2.35. The lowest BCUT2D eigenvalue weighted by Crippen LogP contribution is -2.49. The van der Waals surface area contributed by atoms with Gasteiger partial charge in [0.1, 0.15) is 6.04 Å². The summed E-state index contributed by atoms with van der Waals surface area (Å²) >= 11 is 1.70. The second-order valence-corrected chi connectivity index (χ2v) is 6.61. The number of amides is 1. The minimum absolute atomic E-state index is 0.0296. The van der Waals surface area contributed by atoms with Gasteiger partial charge in [-0.2, -0.15) is 0 Å². The van der Waals surface area contributed by atoms with Crippen molar-refractivity contribution in [1.29, 1.82) is 0 Å². The topological polar surface area (TPSA) is 45.7 Å². The van der Waals surface area contributed by atoms with Gasteiger partial charge in [-0.1, -0.05) is 0 Å². The molecule has 0 aliphatic carbocycles. The van der Waals surface area contributed by atoms with Crippen LogP contribution in [0.4, 0.5) is 5.13 Å². The standard InChI is InChI=1S/C14H21N3O2S/c1-10-11(2)20-14(15-10)17-5-3-4-12(17)13(18)16-6-8-19-9-7-16/h12H,3-9H2,1-2H3/t12-/m0/s1. The summed E-state index contributed by atoms with van der Waals surface area (Å²) in [4.78, 5) is 22.7. The van der Waals surface area contributed by atoms with Crippen molar-refractivity contribution < 1.29 is 9.53 Å².